The fourth-order valence-corrected chi connectivity index (χ4v) is 7.29. The van der Waals surface area contributed by atoms with Crippen LogP contribution in [0.4, 0.5) is 0 Å². The van der Waals surface area contributed by atoms with E-state index in [2.05, 4.69) is 38.2 Å². The fraction of sp³-hybridized carbons (Fsp3) is 0.854. The van der Waals surface area contributed by atoms with Crippen LogP contribution in [0.3, 0.4) is 0 Å². The molecule has 0 saturated heterocycles. The Morgan fingerprint density at radius 3 is 1.51 bits per heavy atom. The molecule has 6 unspecified atom stereocenters. The number of carbonyl (C=O) groups excluding carboxylic acids is 2. The van der Waals surface area contributed by atoms with Gasteiger partial charge in [0.1, 0.15) is 43.2 Å². The zero-order chi connectivity index (χ0) is 40.7. The summed E-state index contributed by atoms with van der Waals surface area (Å²) < 4.78 is 33.3. The van der Waals surface area contributed by atoms with E-state index >= 15 is 0 Å². The van der Waals surface area contributed by atoms with Crippen molar-refractivity contribution < 1.29 is 63.1 Å². The molecule has 0 heterocycles. The predicted octanol–water partition coefficient (Wildman–Crippen LogP) is 7.28. The molecule has 1 saturated carbocycles. The maximum Gasteiger partial charge on any atom is 0.472 e. The first-order valence-corrected chi connectivity index (χ1v) is 22.6. The number of hydrogen-bond donors (Lipinski definition) is 6. The Morgan fingerprint density at radius 1 is 0.564 bits per heavy atom. The molecule has 6 N–H and O–H groups in total. The van der Waals surface area contributed by atoms with E-state index in [1.807, 2.05) is 0 Å². The van der Waals surface area contributed by atoms with Crippen molar-refractivity contribution in [2.24, 2.45) is 0 Å². The number of carbonyl (C=O) groups is 2. The Kier molecular flexibility index (Phi) is 30.2. The molecule has 0 aromatic carbocycles. The Balaban J connectivity index is 2.43. The standard InChI is InChI=1S/C41H75O13P/c1-3-5-7-9-11-12-13-14-15-16-17-18-19-20-21-22-24-26-28-30-35(43)53-33(31-51-34(42)29-27-25-23-10-8-6-4-2)32-52-55(49,50)54-41-39(47)37(45)36(44)38(46)40(41)48/h11-12,14-15,33,36-41,44-48H,3-10,13,16-32H2,1-2H3,(H,49,50)/b12-11+,15-14+/t33-,36?,37-,38?,39?,40?,41?/m1/s1. The van der Waals surface area contributed by atoms with Gasteiger partial charge >= 0.3 is 19.8 Å². The van der Waals surface area contributed by atoms with E-state index in [1.54, 1.807) is 0 Å². The highest BCUT2D eigenvalue weighted by Gasteiger charge is 2.51. The number of phosphoric ester groups is 1. The molecule has 0 radical (unpaired) electrons. The van der Waals surface area contributed by atoms with Crippen molar-refractivity contribution in [3.63, 3.8) is 0 Å². The molecular formula is C41H75O13P. The molecule has 1 rings (SSSR count). The number of esters is 2. The number of allylic oxidation sites excluding steroid dienone is 4. The zero-order valence-electron chi connectivity index (χ0n) is 33.7. The molecule has 1 fully saturated rings. The normalized spacial score (nSPS) is 23.3. The van der Waals surface area contributed by atoms with Gasteiger partial charge in [0.15, 0.2) is 6.10 Å². The maximum absolute atomic E-state index is 12.7. The van der Waals surface area contributed by atoms with E-state index in [9.17, 15) is 44.6 Å². The molecule has 0 aromatic rings. The lowest BCUT2D eigenvalue weighted by atomic mass is 9.85. The maximum atomic E-state index is 12.7. The minimum Gasteiger partial charge on any atom is -0.462 e. The van der Waals surface area contributed by atoms with E-state index in [0.717, 1.165) is 70.6 Å². The number of unbranched alkanes of at least 4 members (excludes halogenated alkanes) is 18. The molecule has 13 nitrogen and oxygen atoms in total. The van der Waals surface area contributed by atoms with Gasteiger partial charge in [0, 0.05) is 12.8 Å². The summed E-state index contributed by atoms with van der Waals surface area (Å²) in [6.45, 7) is 3.20. The molecule has 1 aliphatic carbocycles. The van der Waals surface area contributed by atoms with E-state index in [0.29, 0.717) is 12.8 Å². The van der Waals surface area contributed by atoms with Gasteiger partial charge in [-0.15, -0.1) is 0 Å². The third-order valence-electron chi connectivity index (χ3n) is 9.80. The average Bonchev–Trinajstić information content (AvgIpc) is 3.16. The molecule has 14 heteroatoms. The lowest BCUT2D eigenvalue weighted by Gasteiger charge is -2.41. The third kappa shape index (κ3) is 25.3. The predicted molar refractivity (Wildman–Crippen MR) is 212 cm³/mol. The van der Waals surface area contributed by atoms with Crippen molar-refractivity contribution >= 4 is 19.8 Å². The first kappa shape index (κ1) is 51.3. The van der Waals surface area contributed by atoms with E-state index < -0.39 is 75.7 Å². The molecule has 0 aliphatic heterocycles. The second-order valence-electron chi connectivity index (χ2n) is 14.8. The van der Waals surface area contributed by atoms with Crippen LogP contribution >= 0.6 is 7.82 Å². The monoisotopic (exact) mass is 806 g/mol. The SMILES string of the molecule is CCCCC/C=C/C/C=C/CCCCCCCCCCCC(=O)O[C@H](COC(=O)CCCCCCCCC)COP(=O)(O)OC1C(O)C(O)C(O)[C@@H](O)C1O. The van der Waals surface area contributed by atoms with Crippen LogP contribution in [0.15, 0.2) is 24.3 Å². The fourth-order valence-electron chi connectivity index (χ4n) is 6.32. The van der Waals surface area contributed by atoms with Gasteiger partial charge in [0.2, 0.25) is 0 Å². The third-order valence-corrected chi connectivity index (χ3v) is 10.8. The lowest BCUT2D eigenvalue weighted by Crippen LogP contribution is -2.64. The van der Waals surface area contributed by atoms with Crippen molar-refractivity contribution in [1.29, 1.82) is 0 Å². The molecule has 0 spiro atoms. The molecule has 0 bridgehead atoms. The number of aliphatic hydroxyl groups is 5. The molecule has 0 aromatic heterocycles. The van der Waals surface area contributed by atoms with Gasteiger partial charge in [-0.2, -0.15) is 0 Å². The summed E-state index contributed by atoms with van der Waals surface area (Å²) in [4.78, 5) is 35.4. The van der Waals surface area contributed by atoms with Gasteiger partial charge in [-0.3, -0.25) is 18.6 Å². The van der Waals surface area contributed by atoms with Crippen molar-refractivity contribution in [3.8, 4) is 0 Å². The van der Waals surface area contributed by atoms with Gasteiger partial charge in [0.25, 0.3) is 0 Å². The first-order valence-electron chi connectivity index (χ1n) is 21.1. The van der Waals surface area contributed by atoms with E-state index in [-0.39, 0.29) is 12.8 Å². The van der Waals surface area contributed by atoms with Gasteiger partial charge in [-0.1, -0.05) is 134 Å². The Labute approximate surface area is 330 Å². The van der Waals surface area contributed by atoms with Crippen LogP contribution in [-0.2, 0) is 32.7 Å². The largest absolute Gasteiger partial charge is 0.472 e. The Morgan fingerprint density at radius 2 is 0.982 bits per heavy atom. The topological polar surface area (TPSA) is 210 Å². The molecule has 55 heavy (non-hydrogen) atoms. The van der Waals surface area contributed by atoms with Gasteiger partial charge in [-0.25, -0.2) is 4.57 Å². The summed E-state index contributed by atoms with van der Waals surface area (Å²) in [5.74, 6) is -1.11. The summed E-state index contributed by atoms with van der Waals surface area (Å²) in [7, 11) is -5.11. The number of rotatable bonds is 34. The summed E-state index contributed by atoms with van der Waals surface area (Å²) in [5, 5.41) is 49.9. The van der Waals surface area contributed by atoms with Crippen molar-refractivity contribution in [2.75, 3.05) is 13.2 Å². The van der Waals surface area contributed by atoms with Crippen molar-refractivity contribution in [3.05, 3.63) is 24.3 Å². The first-order chi connectivity index (χ1) is 26.4. The minimum atomic E-state index is -5.11. The Bertz CT molecular complexity index is 1070. The van der Waals surface area contributed by atoms with Crippen LogP contribution in [0.1, 0.15) is 168 Å². The summed E-state index contributed by atoms with van der Waals surface area (Å²) in [6.07, 6.45) is 19.9. The number of hydrogen-bond acceptors (Lipinski definition) is 12. The van der Waals surface area contributed by atoms with Crippen molar-refractivity contribution in [1.82, 2.24) is 0 Å². The van der Waals surface area contributed by atoms with Gasteiger partial charge < -0.3 is 39.9 Å². The van der Waals surface area contributed by atoms with E-state index in [1.165, 1.54) is 57.8 Å². The number of aliphatic hydroxyl groups excluding tert-OH is 5. The zero-order valence-corrected chi connectivity index (χ0v) is 34.6. The van der Waals surface area contributed by atoms with Crippen LogP contribution in [0.2, 0.25) is 0 Å². The Hall–Kier alpha value is -1.67. The molecule has 322 valence electrons. The van der Waals surface area contributed by atoms with Gasteiger partial charge in [0.05, 0.1) is 6.61 Å². The molecular weight excluding hydrogens is 731 g/mol. The van der Waals surface area contributed by atoms with Crippen molar-refractivity contribution in [2.45, 2.75) is 211 Å². The highest BCUT2D eigenvalue weighted by molar-refractivity contribution is 7.47. The highest BCUT2D eigenvalue weighted by Crippen LogP contribution is 2.47. The van der Waals surface area contributed by atoms with Crippen LogP contribution in [0, 0.1) is 0 Å². The quantitative estimate of drug-likeness (QED) is 0.0164. The van der Waals surface area contributed by atoms with Crippen LogP contribution in [0.5, 0.6) is 0 Å². The van der Waals surface area contributed by atoms with Crippen LogP contribution in [0.25, 0.3) is 0 Å². The second-order valence-corrected chi connectivity index (χ2v) is 16.3. The summed E-state index contributed by atoms with van der Waals surface area (Å²) in [6, 6.07) is 0. The molecule has 1 aliphatic rings. The highest BCUT2D eigenvalue weighted by atomic mass is 31.2. The molecule has 0 amide bonds. The lowest BCUT2D eigenvalue weighted by molar-refractivity contribution is -0.220. The number of phosphoric acid groups is 1. The summed E-state index contributed by atoms with van der Waals surface area (Å²) in [5.41, 5.74) is 0. The minimum absolute atomic E-state index is 0.0937. The molecule has 8 atom stereocenters. The summed E-state index contributed by atoms with van der Waals surface area (Å²) >= 11 is 0. The second kappa shape index (κ2) is 32.3. The van der Waals surface area contributed by atoms with Gasteiger partial charge in [-0.05, 0) is 44.9 Å². The smallest absolute Gasteiger partial charge is 0.462 e. The number of ether oxygens (including phenoxy) is 2. The van der Waals surface area contributed by atoms with Crippen LogP contribution in [-0.4, -0.2) is 98.3 Å². The average molecular weight is 807 g/mol. The van der Waals surface area contributed by atoms with E-state index in [4.69, 9.17) is 18.5 Å². The van der Waals surface area contributed by atoms with Crippen LogP contribution < -0.4 is 0 Å².